The van der Waals surface area contributed by atoms with E-state index >= 15 is 0 Å². The van der Waals surface area contributed by atoms with Gasteiger partial charge in [-0.3, -0.25) is 0 Å². The van der Waals surface area contributed by atoms with Gasteiger partial charge in [0.05, 0.1) is 24.6 Å². The Morgan fingerprint density at radius 3 is 2.70 bits per heavy atom. The van der Waals surface area contributed by atoms with Crippen LogP contribution < -0.4 is 5.32 Å². The van der Waals surface area contributed by atoms with Crippen molar-refractivity contribution in [1.82, 2.24) is 15.1 Å². The Morgan fingerprint density at radius 1 is 1.35 bits per heavy atom. The second-order valence-electron chi connectivity index (χ2n) is 5.65. The van der Waals surface area contributed by atoms with Crippen LogP contribution in [0.2, 0.25) is 0 Å². The number of aliphatic hydroxyl groups excluding tert-OH is 1. The van der Waals surface area contributed by atoms with Crippen LogP contribution in [0.3, 0.4) is 0 Å². The summed E-state index contributed by atoms with van der Waals surface area (Å²) in [6.07, 6.45) is 1.99. The van der Waals surface area contributed by atoms with Crippen LogP contribution in [0.4, 0.5) is 4.39 Å². The van der Waals surface area contributed by atoms with Gasteiger partial charge >= 0.3 is 0 Å². The summed E-state index contributed by atoms with van der Waals surface area (Å²) in [6.45, 7) is 5.08. The molecule has 1 aromatic heterocycles. The topological polar surface area (TPSA) is 59.3 Å². The van der Waals surface area contributed by atoms with E-state index in [1.165, 1.54) is 12.1 Å². The molecule has 23 heavy (non-hydrogen) atoms. The largest absolute Gasteiger partial charge is 0.391 e. The molecule has 2 aromatic rings. The minimum Gasteiger partial charge on any atom is -0.391 e. The molecule has 0 bridgehead atoms. The number of hydrogen-bond acceptors (Lipinski definition) is 4. The molecule has 0 amide bonds. The first-order valence-corrected chi connectivity index (χ1v) is 7.73. The maximum atomic E-state index is 13.0. The van der Waals surface area contributed by atoms with Crippen LogP contribution in [0.1, 0.15) is 30.6 Å². The van der Waals surface area contributed by atoms with E-state index in [9.17, 15) is 9.50 Å². The van der Waals surface area contributed by atoms with E-state index in [-0.39, 0.29) is 11.9 Å². The molecule has 0 fully saturated rings. The zero-order valence-corrected chi connectivity index (χ0v) is 13.8. The number of benzene rings is 1. The fourth-order valence-corrected chi connectivity index (χ4v) is 2.54. The summed E-state index contributed by atoms with van der Waals surface area (Å²) < 4.78 is 19.7. The lowest BCUT2D eigenvalue weighted by Gasteiger charge is -2.16. The average molecular weight is 321 g/mol. The number of aromatic nitrogens is 2. The van der Waals surface area contributed by atoms with Crippen molar-refractivity contribution in [2.45, 2.75) is 32.4 Å². The van der Waals surface area contributed by atoms with Gasteiger partial charge < -0.3 is 15.2 Å². The van der Waals surface area contributed by atoms with Gasteiger partial charge in [-0.1, -0.05) is 0 Å². The predicted octanol–water partition coefficient (Wildman–Crippen LogP) is 2.37. The molecule has 0 aliphatic carbocycles. The minimum atomic E-state index is -0.456. The molecule has 2 unspecified atom stereocenters. The Morgan fingerprint density at radius 2 is 2.04 bits per heavy atom. The molecule has 0 aliphatic heterocycles. The number of rotatable bonds is 8. The second-order valence-corrected chi connectivity index (χ2v) is 5.65. The van der Waals surface area contributed by atoms with E-state index in [1.807, 2.05) is 13.1 Å². The summed E-state index contributed by atoms with van der Waals surface area (Å²) in [5.41, 5.74) is 2.92. The zero-order valence-electron chi connectivity index (χ0n) is 13.8. The van der Waals surface area contributed by atoms with Gasteiger partial charge in [0.25, 0.3) is 0 Å². The van der Waals surface area contributed by atoms with Crippen molar-refractivity contribution in [3.8, 4) is 5.69 Å². The minimum absolute atomic E-state index is 0.110. The van der Waals surface area contributed by atoms with Gasteiger partial charge in [0.15, 0.2) is 0 Å². The predicted molar refractivity (Wildman–Crippen MR) is 87.2 cm³/mol. The smallest absolute Gasteiger partial charge is 0.123 e. The Labute approximate surface area is 136 Å². The van der Waals surface area contributed by atoms with Crippen LogP contribution in [0.15, 0.2) is 30.5 Å². The molecular weight excluding hydrogens is 297 g/mol. The van der Waals surface area contributed by atoms with Gasteiger partial charge in [0, 0.05) is 24.4 Å². The maximum absolute atomic E-state index is 13.0. The summed E-state index contributed by atoms with van der Waals surface area (Å²) in [5.74, 6) is -0.261. The molecule has 0 saturated carbocycles. The molecule has 2 rings (SSSR count). The lowest BCUT2D eigenvalue weighted by atomic mass is 10.1. The summed E-state index contributed by atoms with van der Waals surface area (Å²) in [7, 11) is 1.58. The SMILES string of the molecule is COCC(O)CCNC(C)c1cnn(-c2ccc(F)cc2)c1C. The molecule has 2 atom stereocenters. The third kappa shape index (κ3) is 4.60. The zero-order chi connectivity index (χ0) is 16.8. The van der Waals surface area contributed by atoms with E-state index < -0.39 is 6.10 Å². The van der Waals surface area contributed by atoms with Crippen molar-refractivity contribution in [3.05, 3.63) is 47.5 Å². The van der Waals surface area contributed by atoms with Gasteiger partial charge in [0.2, 0.25) is 0 Å². The number of hydrogen-bond donors (Lipinski definition) is 2. The van der Waals surface area contributed by atoms with Crippen molar-refractivity contribution >= 4 is 0 Å². The maximum Gasteiger partial charge on any atom is 0.123 e. The van der Waals surface area contributed by atoms with Crippen molar-refractivity contribution in [2.75, 3.05) is 20.3 Å². The number of halogens is 1. The van der Waals surface area contributed by atoms with E-state index in [4.69, 9.17) is 4.74 Å². The highest BCUT2D eigenvalue weighted by molar-refractivity contribution is 5.35. The van der Waals surface area contributed by atoms with Crippen molar-refractivity contribution in [3.63, 3.8) is 0 Å². The number of methoxy groups -OCH3 is 1. The first-order chi connectivity index (χ1) is 11.0. The number of aliphatic hydroxyl groups is 1. The highest BCUT2D eigenvalue weighted by atomic mass is 19.1. The van der Waals surface area contributed by atoms with Crippen LogP contribution >= 0.6 is 0 Å². The molecule has 0 spiro atoms. The highest BCUT2D eigenvalue weighted by Gasteiger charge is 2.14. The lowest BCUT2D eigenvalue weighted by molar-refractivity contribution is 0.0590. The second kappa shape index (κ2) is 8.19. The highest BCUT2D eigenvalue weighted by Crippen LogP contribution is 2.20. The molecule has 6 heteroatoms. The summed E-state index contributed by atoms with van der Waals surface area (Å²) in [5, 5.41) is 17.4. The molecule has 0 aliphatic rings. The first kappa shape index (κ1) is 17.6. The molecule has 0 radical (unpaired) electrons. The monoisotopic (exact) mass is 321 g/mol. The van der Waals surface area contributed by atoms with Crippen molar-refractivity contribution in [1.29, 1.82) is 0 Å². The van der Waals surface area contributed by atoms with Gasteiger partial charge in [-0.25, -0.2) is 9.07 Å². The molecule has 1 heterocycles. The number of nitrogens with one attached hydrogen (secondary N) is 1. The van der Waals surface area contributed by atoms with Gasteiger partial charge in [-0.2, -0.15) is 5.10 Å². The Hall–Kier alpha value is -1.76. The standard InChI is InChI=1S/C17H24FN3O2/c1-12(19-9-8-16(22)11-23-3)17-10-20-21(13(17)2)15-6-4-14(18)5-7-15/h4-7,10,12,16,19,22H,8-9,11H2,1-3H3. The lowest BCUT2D eigenvalue weighted by Crippen LogP contribution is -2.25. The average Bonchev–Trinajstić information content (AvgIpc) is 2.90. The van der Waals surface area contributed by atoms with Crippen LogP contribution in [0.5, 0.6) is 0 Å². The van der Waals surface area contributed by atoms with E-state index in [0.29, 0.717) is 19.6 Å². The van der Waals surface area contributed by atoms with Gasteiger partial charge in [-0.15, -0.1) is 0 Å². The summed E-state index contributed by atoms with van der Waals surface area (Å²) >= 11 is 0. The molecule has 5 nitrogen and oxygen atoms in total. The number of nitrogens with zero attached hydrogens (tertiary/aromatic N) is 2. The van der Waals surface area contributed by atoms with Crippen molar-refractivity contribution in [2.24, 2.45) is 0 Å². The Kier molecular flexibility index (Phi) is 6.27. The van der Waals surface area contributed by atoms with Crippen LogP contribution in [0.25, 0.3) is 5.69 Å². The first-order valence-electron chi connectivity index (χ1n) is 7.73. The molecular formula is C17H24FN3O2. The Balaban J connectivity index is 1.99. The van der Waals surface area contributed by atoms with E-state index in [2.05, 4.69) is 17.3 Å². The quantitative estimate of drug-likeness (QED) is 0.784. The normalized spacial score (nSPS) is 14.0. The molecule has 2 N–H and O–H groups in total. The molecule has 126 valence electrons. The molecule has 1 aromatic carbocycles. The summed E-state index contributed by atoms with van der Waals surface area (Å²) in [4.78, 5) is 0. The fourth-order valence-electron chi connectivity index (χ4n) is 2.54. The fraction of sp³-hybridized carbons (Fsp3) is 0.471. The summed E-state index contributed by atoms with van der Waals surface area (Å²) in [6, 6.07) is 6.37. The third-order valence-electron chi connectivity index (χ3n) is 3.87. The van der Waals surface area contributed by atoms with E-state index in [0.717, 1.165) is 16.9 Å². The van der Waals surface area contributed by atoms with E-state index in [1.54, 1.807) is 23.9 Å². The van der Waals surface area contributed by atoms with Crippen LogP contribution in [-0.4, -0.2) is 41.3 Å². The van der Waals surface area contributed by atoms with Crippen LogP contribution in [0, 0.1) is 12.7 Å². The molecule has 0 saturated heterocycles. The third-order valence-corrected chi connectivity index (χ3v) is 3.87. The van der Waals surface area contributed by atoms with Gasteiger partial charge in [-0.05, 0) is 51.1 Å². The van der Waals surface area contributed by atoms with Crippen LogP contribution in [-0.2, 0) is 4.74 Å². The van der Waals surface area contributed by atoms with Gasteiger partial charge in [0.1, 0.15) is 5.82 Å². The van der Waals surface area contributed by atoms with Crippen molar-refractivity contribution < 1.29 is 14.2 Å². The number of ether oxygens (including phenoxy) is 1. The Bertz CT molecular complexity index is 613.